The number of rotatable bonds is 6. The van der Waals surface area contributed by atoms with E-state index in [2.05, 4.69) is 42.7 Å². The van der Waals surface area contributed by atoms with E-state index in [1.165, 1.54) is 6.42 Å². The van der Waals surface area contributed by atoms with Gasteiger partial charge in [-0.25, -0.2) is 9.97 Å². The molecule has 0 aromatic carbocycles. The maximum atomic E-state index is 5.98. The third kappa shape index (κ3) is 3.59. The maximum absolute atomic E-state index is 5.98. The molecule has 0 spiro atoms. The van der Waals surface area contributed by atoms with Crippen molar-refractivity contribution in [3.05, 3.63) is 11.4 Å². The van der Waals surface area contributed by atoms with Crippen LogP contribution >= 0.6 is 0 Å². The van der Waals surface area contributed by atoms with Crippen molar-refractivity contribution in [1.82, 2.24) is 9.97 Å². The number of nitrogen functional groups attached to an aromatic ring is 1. The monoisotopic (exact) mass is 250 g/mol. The summed E-state index contributed by atoms with van der Waals surface area (Å²) in [6.45, 7) is 9.58. The SMILES string of the molecule is CCCc1nc(N)c(C)c(N(C)CC(C)CC)n1. The van der Waals surface area contributed by atoms with Crippen molar-refractivity contribution in [2.45, 2.75) is 47.0 Å². The molecule has 0 radical (unpaired) electrons. The smallest absolute Gasteiger partial charge is 0.137 e. The molecule has 0 aliphatic heterocycles. The van der Waals surface area contributed by atoms with Gasteiger partial charge >= 0.3 is 0 Å². The molecule has 0 fully saturated rings. The van der Waals surface area contributed by atoms with Gasteiger partial charge in [-0.1, -0.05) is 27.2 Å². The van der Waals surface area contributed by atoms with Crippen LogP contribution in [0.15, 0.2) is 0 Å². The topological polar surface area (TPSA) is 55.0 Å². The summed E-state index contributed by atoms with van der Waals surface area (Å²) < 4.78 is 0. The second kappa shape index (κ2) is 6.57. The van der Waals surface area contributed by atoms with Crippen LogP contribution in [0.25, 0.3) is 0 Å². The Bertz CT molecular complexity index is 390. The van der Waals surface area contributed by atoms with Crippen molar-refractivity contribution in [2.24, 2.45) is 5.92 Å². The van der Waals surface area contributed by atoms with Crippen LogP contribution in [0.1, 0.15) is 45.0 Å². The largest absolute Gasteiger partial charge is 0.383 e. The molecule has 4 heteroatoms. The van der Waals surface area contributed by atoms with Gasteiger partial charge in [0.25, 0.3) is 0 Å². The Morgan fingerprint density at radius 2 is 1.94 bits per heavy atom. The number of nitrogens with two attached hydrogens (primary N) is 1. The maximum Gasteiger partial charge on any atom is 0.137 e. The minimum Gasteiger partial charge on any atom is -0.383 e. The van der Waals surface area contributed by atoms with Gasteiger partial charge in [0.05, 0.1) is 0 Å². The minimum absolute atomic E-state index is 0.611. The molecule has 1 aromatic heterocycles. The molecule has 102 valence electrons. The van der Waals surface area contributed by atoms with E-state index >= 15 is 0 Å². The fourth-order valence-electron chi connectivity index (χ4n) is 1.96. The highest BCUT2D eigenvalue weighted by atomic mass is 15.2. The fourth-order valence-corrected chi connectivity index (χ4v) is 1.96. The molecule has 1 rings (SSSR count). The summed E-state index contributed by atoms with van der Waals surface area (Å²) in [5.41, 5.74) is 6.96. The highest BCUT2D eigenvalue weighted by molar-refractivity contribution is 5.56. The molecule has 1 heterocycles. The Morgan fingerprint density at radius 3 is 2.50 bits per heavy atom. The van der Waals surface area contributed by atoms with Crippen LogP contribution in [0.4, 0.5) is 11.6 Å². The van der Waals surface area contributed by atoms with E-state index in [1.54, 1.807) is 0 Å². The average Bonchev–Trinajstić information content (AvgIpc) is 2.33. The second-order valence-corrected chi connectivity index (χ2v) is 5.12. The van der Waals surface area contributed by atoms with E-state index in [9.17, 15) is 0 Å². The lowest BCUT2D eigenvalue weighted by Crippen LogP contribution is -2.26. The van der Waals surface area contributed by atoms with E-state index in [4.69, 9.17) is 5.73 Å². The minimum atomic E-state index is 0.611. The predicted octanol–water partition coefficient (Wildman–Crippen LogP) is 2.80. The van der Waals surface area contributed by atoms with E-state index in [0.29, 0.717) is 11.7 Å². The van der Waals surface area contributed by atoms with Crippen LogP contribution in [0.3, 0.4) is 0 Å². The second-order valence-electron chi connectivity index (χ2n) is 5.12. The Morgan fingerprint density at radius 1 is 1.28 bits per heavy atom. The molecule has 0 aliphatic rings. The molecule has 18 heavy (non-hydrogen) atoms. The summed E-state index contributed by atoms with van der Waals surface area (Å²) in [6.07, 6.45) is 3.09. The first kappa shape index (κ1) is 14.7. The summed E-state index contributed by atoms with van der Waals surface area (Å²) >= 11 is 0. The molecule has 0 aliphatic carbocycles. The molecule has 0 saturated carbocycles. The van der Waals surface area contributed by atoms with Crippen LogP contribution in [0, 0.1) is 12.8 Å². The Balaban J connectivity index is 2.98. The first-order chi connectivity index (χ1) is 8.49. The lowest BCUT2D eigenvalue weighted by atomic mass is 10.1. The fraction of sp³-hybridized carbons (Fsp3) is 0.714. The first-order valence-corrected chi connectivity index (χ1v) is 6.83. The van der Waals surface area contributed by atoms with Crippen LogP contribution < -0.4 is 10.6 Å². The number of aryl methyl sites for hydroxylation is 1. The summed E-state index contributed by atoms with van der Waals surface area (Å²) in [7, 11) is 2.08. The molecule has 0 bridgehead atoms. The molecule has 0 amide bonds. The quantitative estimate of drug-likeness (QED) is 0.843. The van der Waals surface area contributed by atoms with Gasteiger partial charge in [-0.2, -0.15) is 0 Å². The van der Waals surface area contributed by atoms with E-state index in [-0.39, 0.29) is 0 Å². The third-order valence-corrected chi connectivity index (χ3v) is 3.32. The van der Waals surface area contributed by atoms with Gasteiger partial charge in [-0.15, -0.1) is 0 Å². The summed E-state index contributed by atoms with van der Waals surface area (Å²) in [5.74, 6) is 3.09. The Hall–Kier alpha value is -1.32. The van der Waals surface area contributed by atoms with Crippen molar-refractivity contribution < 1.29 is 0 Å². The van der Waals surface area contributed by atoms with Gasteiger partial charge in [0.1, 0.15) is 17.5 Å². The van der Waals surface area contributed by atoms with E-state index in [0.717, 1.165) is 36.6 Å². The van der Waals surface area contributed by atoms with Crippen LogP contribution in [0.2, 0.25) is 0 Å². The van der Waals surface area contributed by atoms with Crippen molar-refractivity contribution >= 4 is 11.6 Å². The number of hydrogen-bond donors (Lipinski definition) is 1. The summed E-state index contributed by atoms with van der Waals surface area (Å²) in [6, 6.07) is 0. The molecule has 0 saturated heterocycles. The summed E-state index contributed by atoms with van der Waals surface area (Å²) in [5, 5.41) is 0. The predicted molar refractivity (Wildman–Crippen MR) is 77.9 cm³/mol. The summed E-state index contributed by atoms with van der Waals surface area (Å²) in [4.78, 5) is 11.2. The van der Waals surface area contributed by atoms with Gasteiger partial charge in [0.2, 0.25) is 0 Å². The molecule has 1 unspecified atom stereocenters. The van der Waals surface area contributed by atoms with E-state index < -0.39 is 0 Å². The van der Waals surface area contributed by atoms with Gasteiger partial charge in [-0.05, 0) is 19.3 Å². The number of hydrogen-bond acceptors (Lipinski definition) is 4. The highest BCUT2D eigenvalue weighted by Gasteiger charge is 2.13. The molecule has 2 N–H and O–H groups in total. The molecule has 1 atom stereocenters. The molecular weight excluding hydrogens is 224 g/mol. The Kier molecular flexibility index (Phi) is 5.38. The van der Waals surface area contributed by atoms with Crippen molar-refractivity contribution in [3.8, 4) is 0 Å². The number of nitrogens with zero attached hydrogens (tertiary/aromatic N) is 3. The lowest BCUT2D eigenvalue weighted by molar-refractivity contribution is 0.556. The number of aromatic nitrogens is 2. The zero-order valence-corrected chi connectivity index (χ0v) is 12.3. The Labute approximate surface area is 111 Å². The van der Waals surface area contributed by atoms with Crippen molar-refractivity contribution in [1.29, 1.82) is 0 Å². The molecule has 1 aromatic rings. The molecular formula is C14H26N4. The van der Waals surface area contributed by atoms with Crippen LogP contribution in [-0.4, -0.2) is 23.6 Å². The van der Waals surface area contributed by atoms with Gasteiger partial charge in [0.15, 0.2) is 0 Å². The third-order valence-electron chi connectivity index (χ3n) is 3.32. The lowest BCUT2D eigenvalue weighted by Gasteiger charge is -2.24. The number of anilines is 2. The van der Waals surface area contributed by atoms with E-state index in [1.807, 2.05) is 6.92 Å². The zero-order valence-electron chi connectivity index (χ0n) is 12.3. The van der Waals surface area contributed by atoms with Crippen LogP contribution in [-0.2, 0) is 6.42 Å². The van der Waals surface area contributed by atoms with Gasteiger partial charge in [-0.3, -0.25) is 0 Å². The highest BCUT2D eigenvalue weighted by Crippen LogP contribution is 2.22. The standard InChI is InChI=1S/C14H26N4/c1-6-8-12-16-13(15)11(4)14(17-12)18(5)9-10(3)7-2/h10H,6-9H2,1-5H3,(H2,15,16,17). The first-order valence-electron chi connectivity index (χ1n) is 6.83. The van der Waals surface area contributed by atoms with Crippen molar-refractivity contribution in [3.63, 3.8) is 0 Å². The van der Waals surface area contributed by atoms with Crippen molar-refractivity contribution in [2.75, 3.05) is 24.2 Å². The molecule has 4 nitrogen and oxygen atoms in total. The normalized spacial score (nSPS) is 12.5. The van der Waals surface area contributed by atoms with Crippen LogP contribution in [0.5, 0.6) is 0 Å². The zero-order chi connectivity index (χ0) is 13.7. The van der Waals surface area contributed by atoms with Gasteiger partial charge < -0.3 is 10.6 Å². The average molecular weight is 250 g/mol. The van der Waals surface area contributed by atoms with Gasteiger partial charge in [0, 0.05) is 25.6 Å².